The molecule has 0 atom stereocenters. The molecule has 0 saturated heterocycles. The van der Waals surface area contributed by atoms with E-state index < -0.39 is 17.7 Å². The second-order valence-corrected chi connectivity index (χ2v) is 4.54. The van der Waals surface area contributed by atoms with Crippen molar-refractivity contribution in [3.8, 4) is 0 Å². The van der Waals surface area contributed by atoms with Crippen LogP contribution in [-0.2, 0) is 0 Å². The summed E-state index contributed by atoms with van der Waals surface area (Å²) in [5.41, 5.74) is 2.83. The van der Waals surface area contributed by atoms with Gasteiger partial charge >= 0.3 is 6.03 Å². The second-order valence-electron chi connectivity index (χ2n) is 4.54. The van der Waals surface area contributed by atoms with E-state index in [1.165, 1.54) is 0 Å². The molecule has 3 nitrogen and oxygen atoms in total. The summed E-state index contributed by atoms with van der Waals surface area (Å²) in [4.78, 5) is 11.7. The van der Waals surface area contributed by atoms with Crippen LogP contribution in [0.2, 0.25) is 0 Å². The molecule has 0 unspecified atom stereocenters. The maximum Gasteiger partial charge on any atom is 0.323 e. The molecule has 0 aromatic heterocycles. The number of hydrogen-bond acceptors (Lipinski definition) is 1. The summed E-state index contributed by atoms with van der Waals surface area (Å²) in [7, 11) is 0. The van der Waals surface area contributed by atoms with E-state index in [1.54, 1.807) is 6.07 Å². The smallest absolute Gasteiger partial charge is 0.308 e. The molecule has 0 radical (unpaired) electrons. The lowest BCUT2D eigenvalue weighted by Crippen LogP contribution is -2.19. The number of aryl methyl sites for hydroxylation is 2. The molecule has 2 amide bonds. The van der Waals surface area contributed by atoms with Gasteiger partial charge in [-0.1, -0.05) is 6.07 Å². The number of rotatable bonds is 2. The molecule has 0 aliphatic rings. The highest BCUT2D eigenvalue weighted by atomic mass is 19.1. The van der Waals surface area contributed by atoms with Crippen LogP contribution in [0.4, 0.5) is 25.0 Å². The number of hydrogen-bond donors (Lipinski definition) is 2. The van der Waals surface area contributed by atoms with Gasteiger partial charge in [-0.2, -0.15) is 0 Å². The molecule has 2 rings (SSSR count). The molecule has 2 aromatic rings. The number of carbonyl (C=O) groups is 1. The Morgan fingerprint density at radius 2 is 1.45 bits per heavy atom. The van der Waals surface area contributed by atoms with E-state index in [1.807, 2.05) is 26.0 Å². The van der Waals surface area contributed by atoms with Gasteiger partial charge in [0.15, 0.2) is 0 Å². The van der Waals surface area contributed by atoms with Crippen molar-refractivity contribution in [2.24, 2.45) is 0 Å². The van der Waals surface area contributed by atoms with Crippen LogP contribution in [-0.4, -0.2) is 6.03 Å². The lowest BCUT2D eigenvalue weighted by molar-refractivity contribution is 0.262. The van der Waals surface area contributed by atoms with Crippen LogP contribution < -0.4 is 10.6 Å². The fraction of sp³-hybridized carbons (Fsp3) is 0.133. The summed E-state index contributed by atoms with van der Waals surface area (Å²) >= 11 is 0. The Kier molecular flexibility index (Phi) is 3.98. The standard InChI is InChI=1S/C15H14F2N2O/c1-9-3-4-13(5-10(9)2)18-15(20)19-14-7-11(16)6-12(17)8-14/h3-8H,1-2H3,(H2,18,19,20). The van der Waals surface area contributed by atoms with E-state index in [-0.39, 0.29) is 5.69 Å². The number of amides is 2. The molecular formula is C15H14F2N2O. The molecule has 0 bridgehead atoms. The van der Waals surface area contributed by atoms with Gasteiger partial charge in [-0.15, -0.1) is 0 Å². The third kappa shape index (κ3) is 3.54. The third-order valence-corrected chi connectivity index (χ3v) is 2.89. The molecule has 104 valence electrons. The van der Waals surface area contributed by atoms with Crippen LogP contribution >= 0.6 is 0 Å². The predicted molar refractivity (Wildman–Crippen MR) is 74.9 cm³/mol. The first-order valence-electron chi connectivity index (χ1n) is 6.05. The first-order valence-corrected chi connectivity index (χ1v) is 6.05. The van der Waals surface area contributed by atoms with Gasteiger partial charge in [0.05, 0.1) is 0 Å². The van der Waals surface area contributed by atoms with Crippen LogP contribution in [0.25, 0.3) is 0 Å². The Hall–Kier alpha value is -2.43. The number of nitrogens with one attached hydrogen (secondary N) is 2. The molecule has 20 heavy (non-hydrogen) atoms. The summed E-state index contributed by atoms with van der Waals surface area (Å²) in [5, 5.41) is 4.98. The maximum atomic E-state index is 13.0. The van der Waals surface area contributed by atoms with Crippen LogP contribution in [0.3, 0.4) is 0 Å². The van der Waals surface area contributed by atoms with E-state index in [0.717, 1.165) is 29.3 Å². The lowest BCUT2D eigenvalue weighted by atomic mass is 10.1. The molecule has 0 spiro atoms. The third-order valence-electron chi connectivity index (χ3n) is 2.89. The van der Waals surface area contributed by atoms with E-state index in [4.69, 9.17) is 0 Å². The van der Waals surface area contributed by atoms with E-state index in [9.17, 15) is 13.6 Å². The molecule has 5 heteroatoms. The van der Waals surface area contributed by atoms with Gasteiger partial charge in [-0.25, -0.2) is 13.6 Å². The molecule has 0 fully saturated rings. The van der Waals surface area contributed by atoms with Crippen molar-refractivity contribution >= 4 is 17.4 Å². The average molecular weight is 276 g/mol. The van der Waals surface area contributed by atoms with E-state index >= 15 is 0 Å². The zero-order chi connectivity index (χ0) is 14.7. The topological polar surface area (TPSA) is 41.1 Å². The fourth-order valence-electron chi connectivity index (χ4n) is 1.74. The van der Waals surface area contributed by atoms with Crippen molar-refractivity contribution in [3.05, 3.63) is 59.2 Å². The summed E-state index contributed by atoms with van der Waals surface area (Å²) in [5.74, 6) is -1.49. The van der Waals surface area contributed by atoms with Gasteiger partial charge in [0.25, 0.3) is 0 Å². The average Bonchev–Trinajstić information content (AvgIpc) is 2.32. The first kappa shape index (κ1) is 14.0. The van der Waals surface area contributed by atoms with Crippen LogP contribution in [0, 0.1) is 25.5 Å². The van der Waals surface area contributed by atoms with Crippen LogP contribution in [0.15, 0.2) is 36.4 Å². The molecule has 0 heterocycles. The van der Waals surface area contributed by atoms with Gasteiger partial charge in [0, 0.05) is 17.4 Å². The zero-order valence-electron chi connectivity index (χ0n) is 11.1. The number of carbonyl (C=O) groups excluding carboxylic acids is 1. The van der Waals surface area contributed by atoms with Crippen molar-refractivity contribution in [3.63, 3.8) is 0 Å². The monoisotopic (exact) mass is 276 g/mol. The molecule has 0 saturated carbocycles. The summed E-state index contributed by atoms with van der Waals surface area (Å²) in [6.07, 6.45) is 0. The Bertz CT molecular complexity index is 636. The zero-order valence-corrected chi connectivity index (χ0v) is 11.1. The SMILES string of the molecule is Cc1ccc(NC(=O)Nc2cc(F)cc(F)c2)cc1C. The summed E-state index contributed by atoms with van der Waals surface area (Å²) in [6, 6.07) is 7.73. The molecule has 0 aliphatic carbocycles. The highest BCUT2D eigenvalue weighted by Gasteiger charge is 2.06. The predicted octanol–water partition coefficient (Wildman–Crippen LogP) is 4.23. The highest BCUT2D eigenvalue weighted by Crippen LogP contribution is 2.16. The molecule has 2 aromatic carbocycles. The number of benzene rings is 2. The van der Waals surface area contributed by atoms with Crippen molar-refractivity contribution in [2.75, 3.05) is 10.6 Å². The minimum atomic E-state index is -0.744. The maximum absolute atomic E-state index is 13.0. The minimum Gasteiger partial charge on any atom is -0.308 e. The van der Waals surface area contributed by atoms with Crippen molar-refractivity contribution < 1.29 is 13.6 Å². The second kappa shape index (κ2) is 5.69. The number of urea groups is 1. The minimum absolute atomic E-state index is 0.0591. The highest BCUT2D eigenvalue weighted by molar-refractivity contribution is 5.99. The number of halogens is 2. The van der Waals surface area contributed by atoms with Crippen molar-refractivity contribution in [2.45, 2.75) is 13.8 Å². The lowest BCUT2D eigenvalue weighted by Gasteiger charge is -2.09. The van der Waals surface area contributed by atoms with E-state index in [0.29, 0.717) is 5.69 Å². The Balaban J connectivity index is 2.06. The Morgan fingerprint density at radius 3 is 2.05 bits per heavy atom. The summed E-state index contributed by atoms with van der Waals surface area (Å²) in [6.45, 7) is 3.90. The van der Waals surface area contributed by atoms with E-state index in [2.05, 4.69) is 10.6 Å². The van der Waals surface area contributed by atoms with Crippen molar-refractivity contribution in [1.82, 2.24) is 0 Å². The van der Waals surface area contributed by atoms with Gasteiger partial charge in [0.1, 0.15) is 11.6 Å². The first-order chi connectivity index (χ1) is 9.44. The molecule has 0 aliphatic heterocycles. The van der Waals surface area contributed by atoms with Gasteiger partial charge in [-0.05, 0) is 49.2 Å². The largest absolute Gasteiger partial charge is 0.323 e. The fourth-order valence-corrected chi connectivity index (χ4v) is 1.74. The van der Waals surface area contributed by atoms with Gasteiger partial charge < -0.3 is 10.6 Å². The normalized spacial score (nSPS) is 10.2. The summed E-state index contributed by atoms with van der Waals surface area (Å²) < 4.78 is 26.0. The molecular weight excluding hydrogens is 262 g/mol. The molecule has 2 N–H and O–H groups in total. The quantitative estimate of drug-likeness (QED) is 0.847. The number of anilines is 2. The van der Waals surface area contributed by atoms with Crippen LogP contribution in [0.1, 0.15) is 11.1 Å². The Labute approximate surface area is 115 Å². The van der Waals surface area contributed by atoms with Crippen LogP contribution in [0.5, 0.6) is 0 Å². The van der Waals surface area contributed by atoms with Crippen molar-refractivity contribution in [1.29, 1.82) is 0 Å². The van der Waals surface area contributed by atoms with Gasteiger partial charge in [0.2, 0.25) is 0 Å². The Morgan fingerprint density at radius 1 is 0.850 bits per heavy atom. The van der Waals surface area contributed by atoms with Gasteiger partial charge in [-0.3, -0.25) is 0 Å².